The quantitative estimate of drug-likeness (QED) is 0.868. The molecule has 0 aliphatic rings. The smallest absolute Gasteiger partial charge is 0.260 e. The Balaban J connectivity index is 2.22. The van der Waals surface area contributed by atoms with Crippen LogP contribution in [0.15, 0.2) is 33.5 Å². The van der Waals surface area contributed by atoms with Gasteiger partial charge in [-0.3, -0.25) is 4.79 Å². The number of rotatable bonds is 2. The molecule has 2 rings (SSSR count). The molecule has 0 fully saturated rings. The zero-order valence-corrected chi connectivity index (χ0v) is 9.79. The second kappa shape index (κ2) is 4.62. The van der Waals surface area contributed by atoms with Gasteiger partial charge in [0.2, 0.25) is 11.9 Å². The largest absolute Gasteiger partial charge is 0.457 e. The number of nitrogens with one attached hydrogen (secondary N) is 1. The number of carbonyl (C=O) groups excluding carboxylic acids is 1. The van der Waals surface area contributed by atoms with Crippen LogP contribution in [0, 0.1) is 11.9 Å². The van der Waals surface area contributed by atoms with Crippen molar-refractivity contribution in [1.82, 2.24) is 4.98 Å². The van der Waals surface area contributed by atoms with Crippen LogP contribution in [0.25, 0.3) is 0 Å². The Labute approximate surface area is 103 Å². The van der Waals surface area contributed by atoms with Crippen LogP contribution in [0.5, 0.6) is 0 Å². The van der Waals surface area contributed by atoms with Crippen LogP contribution in [0.2, 0.25) is 0 Å². The molecule has 0 aliphatic carbocycles. The molecule has 2 aromatic heterocycles. The molecular weight excluding hydrogens is 298 g/mol. The molecular formula is C10H5BrF2N2O2. The molecule has 17 heavy (non-hydrogen) atoms. The van der Waals surface area contributed by atoms with Crippen LogP contribution >= 0.6 is 15.9 Å². The monoisotopic (exact) mass is 302 g/mol. The fourth-order valence-corrected chi connectivity index (χ4v) is 1.57. The lowest BCUT2D eigenvalue weighted by Gasteiger charge is -2.04. The molecule has 4 nitrogen and oxygen atoms in total. The van der Waals surface area contributed by atoms with Gasteiger partial charge in [-0.15, -0.1) is 0 Å². The summed E-state index contributed by atoms with van der Waals surface area (Å²) in [6.45, 7) is 0. The predicted octanol–water partition coefficient (Wildman–Crippen LogP) is 2.97. The fourth-order valence-electron chi connectivity index (χ4n) is 1.15. The van der Waals surface area contributed by atoms with Gasteiger partial charge in [0.15, 0.2) is 4.67 Å². The zero-order chi connectivity index (χ0) is 12.4. The minimum absolute atomic E-state index is 0.203. The highest BCUT2D eigenvalue weighted by atomic mass is 79.9. The van der Waals surface area contributed by atoms with E-state index in [-0.39, 0.29) is 15.9 Å². The number of anilines is 1. The average molecular weight is 303 g/mol. The number of nitrogens with zero attached hydrogens (tertiary/aromatic N) is 1. The van der Waals surface area contributed by atoms with Gasteiger partial charge in [-0.05, 0) is 34.1 Å². The Kier molecular flexibility index (Phi) is 3.19. The maximum absolute atomic E-state index is 13.2. The normalized spacial score (nSPS) is 10.3. The first kappa shape index (κ1) is 11.7. The molecule has 0 saturated carbocycles. The van der Waals surface area contributed by atoms with Crippen molar-refractivity contribution >= 4 is 27.5 Å². The summed E-state index contributed by atoms with van der Waals surface area (Å²) in [5, 5.41) is 2.25. The molecule has 88 valence electrons. The molecule has 0 spiro atoms. The molecule has 0 aliphatic heterocycles. The molecule has 1 N–H and O–H groups in total. The van der Waals surface area contributed by atoms with E-state index in [1.807, 2.05) is 0 Å². The standard InChI is InChI=1S/C10H5BrF2N2O2/c11-8-5(3-4-17-8)10(16)14-6-1-2-7(12)15-9(6)13/h1-4H,(H,14,16). The number of halogens is 3. The van der Waals surface area contributed by atoms with Crippen molar-refractivity contribution in [3.05, 3.63) is 46.6 Å². The molecule has 7 heteroatoms. The van der Waals surface area contributed by atoms with E-state index < -0.39 is 17.8 Å². The van der Waals surface area contributed by atoms with E-state index in [0.717, 1.165) is 12.1 Å². The highest BCUT2D eigenvalue weighted by Crippen LogP contribution is 2.20. The van der Waals surface area contributed by atoms with Gasteiger partial charge in [0.25, 0.3) is 5.91 Å². The number of hydrogen-bond donors (Lipinski definition) is 1. The van der Waals surface area contributed by atoms with Crippen LogP contribution in [-0.4, -0.2) is 10.9 Å². The highest BCUT2D eigenvalue weighted by molar-refractivity contribution is 9.10. The van der Waals surface area contributed by atoms with Crippen LogP contribution < -0.4 is 5.32 Å². The van der Waals surface area contributed by atoms with Crippen molar-refractivity contribution in [3.8, 4) is 0 Å². The number of furan rings is 1. The van der Waals surface area contributed by atoms with Crippen molar-refractivity contribution < 1.29 is 18.0 Å². The molecule has 0 saturated heterocycles. The zero-order valence-electron chi connectivity index (χ0n) is 8.21. The summed E-state index contributed by atoms with van der Waals surface area (Å²) in [4.78, 5) is 14.6. The van der Waals surface area contributed by atoms with E-state index >= 15 is 0 Å². The highest BCUT2D eigenvalue weighted by Gasteiger charge is 2.15. The van der Waals surface area contributed by atoms with Crippen molar-refractivity contribution in [2.75, 3.05) is 5.32 Å². The molecule has 0 bridgehead atoms. The number of aromatic nitrogens is 1. The lowest BCUT2D eigenvalue weighted by Crippen LogP contribution is -2.13. The number of hydrogen-bond acceptors (Lipinski definition) is 3. The van der Waals surface area contributed by atoms with Gasteiger partial charge < -0.3 is 9.73 Å². The van der Waals surface area contributed by atoms with Gasteiger partial charge in [0, 0.05) is 0 Å². The molecule has 1 amide bonds. The summed E-state index contributed by atoms with van der Waals surface area (Å²) in [5.41, 5.74) is -0.00164. The minimum atomic E-state index is -1.09. The van der Waals surface area contributed by atoms with E-state index in [4.69, 9.17) is 4.42 Å². The third-order valence-corrected chi connectivity index (χ3v) is 2.54. The molecule has 2 heterocycles. The summed E-state index contributed by atoms with van der Waals surface area (Å²) in [5.74, 6) is -2.62. The van der Waals surface area contributed by atoms with Gasteiger partial charge in [-0.2, -0.15) is 13.8 Å². The number of carbonyl (C=O) groups is 1. The topological polar surface area (TPSA) is 55.1 Å². The fraction of sp³-hybridized carbons (Fsp3) is 0. The minimum Gasteiger partial charge on any atom is -0.457 e. The Hall–Kier alpha value is -1.76. The molecule has 0 unspecified atom stereocenters. The maximum atomic E-state index is 13.2. The van der Waals surface area contributed by atoms with E-state index in [1.165, 1.54) is 12.3 Å². The van der Waals surface area contributed by atoms with Crippen LogP contribution in [0.4, 0.5) is 14.5 Å². The van der Waals surface area contributed by atoms with Crippen LogP contribution in [0.1, 0.15) is 10.4 Å². The first-order chi connectivity index (χ1) is 8.08. The lowest BCUT2D eigenvalue weighted by atomic mass is 10.3. The number of amides is 1. The third-order valence-electron chi connectivity index (χ3n) is 1.93. The van der Waals surface area contributed by atoms with E-state index in [1.54, 1.807) is 0 Å². The van der Waals surface area contributed by atoms with Crippen molar-refractivity contribution in [2.24, 2.45) is 0 Å². The van der Waals surface area contributed by atoms with Crippen molar-refractivity contribution in [2.45, 2.75) is 0 Å². The summed E-state index contributed by atoms with van der Waals surface area (Å²) >= 11 is 3.01. The molecule has 2 aromatic rings. The van der Waals surface area contributed by atoms with Gasteiger partial charge >= 0.3 is 0 Å². The predicted molar refractivity (Wildman–Crippen MR) is 58.5 cm³/mol. The average Bonchev–Trinajstić information content (AvgIpc) is 2.68. The van der Waals surface area contributed by atoms with E-state index in [0.29, 0.717) is 0 Å². The summed E-state index contributed by atoms with van der Waals surface area (Å²) < 4.78 is 30.8. The molecule has 0 aromatic carbocycles. The van der Waals surface area contributed by atoms with E-state index in [2.05, 4.69) is 26.2 Å². The Morgan fingerprint density at radius 2 is 2.12 bits per heavy atom. The summed E-state index contributed by atoms with van der Waals surface area (Å²) in [6.07, 6.45) is 1.30. The van der Waals surface area contributed by atoms with Crippen molar-refractivity contribution in [3.63, 3.8) is 0 Å². The van der Waals surface area contributed by atoms with Crippen LogP contribution in [0.3, 0.4) is 0 Å². The van der Waals surface area contributed by atoms with Crippen molar-refractivity contribution in [1.29, 1.82) is 0 Å². The van der Waals surface area contributed by atoms with Gasteiger partial charge in [0.1, 0.15) is 0 Å². The second-order valence-electron chi connectivity index (χ2n) is 3.03. The molecule has 0 radical (unpaired) electrons. The Morgan fingerprint density at radius 3 is 2.71 bits per heavy atom. The third kappa shape index (κ3) is 2.50. The Morgan fingerprint density at radius 1 is 1.35 bits per heavy atom. The Bertz CT molecular complexity index is 571. The second-order valence-corrected chi connectivity index (χ2v) is 3.75. The molecule has 0 atom stereocenters. The first-order valence-electron chi connectivity index (χ1n) is 4.44. The van der Waals surface area contributed by atoms with Crippen LogP contribution in [-0.2, 0) is 0 Å². The summed E-state index contributed by atoms with van der Waals surface area (Å²) in [6, 6.07) is 3.45. The SMILES string of the molecule is O=C(Nc1ccc(F)nc1F)c1ccoc1Br. The van der Waals surface area contributed by atoms with Gasteiger partial charge in [0.05, 0.1) is 17.5 Å². The number of pyridine rings is 1. The maximum Gasteiger partial charge on any atom is 0.260 e. The first-order valence-corrected chi connectivity index (χ1v) is 5.23. The van der Waals surface area contributed by atoms with Gasteiger partial charge in [-0.1, -0.05) is 0 Å². The van der Waals surface area contributed by atoms with Gasteiger partial charge in [-0.25, -0.2) is 0 Å². The summed E-state index contributed by atoms with van der Waals surface area (Å²) in [7, 11) is 0. The van der Waals surface area contributed by atoms with E-state index in [9.17, 15) is 13.6 Å². The lowest BCUT2D eigenvalue weighted by molar-refractivity contribution is 0.102.